The van der Waals surface area contributed by atoms with Crippen LogP contribution in [0.3, 0.4) is 0 Å². The smallest absolute Gasteiger partial charge is 0.250 e. The summed E-state index contributed by atoms with van der Waals surface area (Å²) < 4.78 is 6.36. The van der Waals surface area contributed by atoms with E-state index in [1.54, 1.807) is 0 Å². The third-order valence-corrected chi connectivity index (χ3v) is 10.2. The van der Waals surface area contributed by atoms with Crippen LogP contribution >= 0.6 is 0 Å². The molecule has 3 N–H and O–H groups in total. The highest BCUT2D eigenvalue weighted by Gasteiger charge is 2.30. The minimum atomic E-state index is -0.140. The van der Waals surface area contributed by atoms with Crippen molar-refractivity contribution in [3.8, 4) is 45.4 Å². The van der Waals surface area contributed by atoms with Gasteiger partial charge in [0.25, 0.3) is 5.89 Å². The van der Waals surface area contributed by atoms with Gasteiger partial charge in [0.2, 0.25) is 5.89 Å². The molecule has 0 spiro atoms. The van der Waals surface area contributed by atoms with Gasteiger partial charge < -0.3 is 19.4 Å². The third kappa shape index (κ3) is 4.88. The maximum Gasteiger partial charge on any atom is 0.250 e. The predicted molar refractivity (Wildman–Crippen MR) is 210 cm³/mol. The number of fused-ring (bicyclic) bond motifs is 3. The van der Waals surface area contributed by atoms with Gasteiger partial charge in [0.05, 0.1) is 17.0 Å². The maximum absolute atomic E-state index is 6.36. The van der Waals surface area contributed by atoms with Gasteiger partial charge in [-0.15, -0.1) is 10.2 Å². The number of nitrogens with one attached hydrogen (secondary N) is 3. The SMILES string of the molecule is Cc1[nH]c2ccccc2c1-c1nnc(-c2ccc(C(c3c(-c4ccccc4)[nH]c4ccccc34)c3c(-c4ccccc4)[nH]c4ccccc34)cc2)o1. The Morgan fingerprint density at radius 2 is 0.904 bits per heavy atom. The largest absolute Gasteiger partial charge is 0.416 e. The van der Waals surface area contributed by atoms with Gasteiger partial charge in [-0.05, 0) is 65.1 Å². The van der Waals surface area contributed by atoms with Gasteiger partial charge in [0.1, 0.15) is 0 Å². The zero-order chi connectivity index (χ0) is 34.6. The number of rotatable bonds is 7. The highest BCUT2D eigenvalue weighted by molar-refractivity contribution is 5.98. The molecule has 52 heavy (non-hydrogen) atoms. The minimum Gasteiger partial charge on any atom is -0.416 e. The number of benzene rings is 6. The third-order valence-electron chi connectivity index (χ3n) is 10.2. The number of aromatic nitrogens is 5. The van der Waals surface area contributed by atoms with Gasteiger partial charge in [-0.3, -0.25) is 0 Å². The molecule has 0 aliphatic heterocycles. The Morgan fingerprint density at radius 1 is 0.442 bits per heavy atom. The first kappa shape index (κ1) is 29.9. The van der Waals surface area contributed by atoms with Crippen molar-refractivity contribution in [1.82, 2.24) is 25.1 Å². The van der Waals surface area contributed by atoms with Crippen molar-refractivity contribution in [2.24, 2.45) is 0 Å². The molecule has 0 unspecified atom stereocenters. The van der Waals surface area contributed by atoms with Crippen molar-refractivity contribution in [2.75, 3.05) is 0 Å². The molecule has 4 aromatic heterocycles. The second-order valence-corrected chi connectivity index (χ2v) is 13.3. The average molecular weight is 672 g/mol. The summed E-state index contributed by atoms with van der Waals surface area (Å²) in [5.41, 5.74) is 14.2. The molecule has 0 radical (unpaired) electrons. The van der Waals surface area contributed by atoms with Crippen LogP contribution in [0, 0.1) is 6.92 Å². The highest BCUT2D eigenvalue weighted by atomic mass is 16.4. The topological polar surface area (TPSA) is 86.3 Å². The summed E-state index contributed by atoms with van der Waals surface area (Å²) in [4.78, 5) is 11.1. The van der Waals surface area contributed by atoms with Crippen LogP contribution in [0.15, 0.2) is 162 Å². The van der Waals surface area contributed by atoms with Gasteiger partial charge in [-0.25, -0.2) is 0 Å². The van der Waals surface area contributed by atoms with Crippen LogP contribution in [0.2, 0.25) is 0 Å². The molecule has 248 valence electrons. The van der Waals surface area contributed by atoms with Crippen LogP contribution in [-0.4, -0.2) is 25.1 Å². The standard InChI is InChI=1S/C46H33N5O/c1-28-39(33-18-8-11-21-36(33)47-28)46-51-50-45(52-46)32-26-24-29(25-27-32)40(41-34-19-9-12-22-37(34)48-43(41)30-14-4-2-5-15-30)42-35-20-10-13-23-38(35)49-44(42)31-16-6-3-7-17-31/h2-27,40,47-49H,1H3. The second kappa shape index (κ2) is 12.1. The zero-order valence-electron chi connectivity index (χ0n) is 28.4. The van der Waals surface area contributed by atoms with E-state index >= 15 is 0 Å². The van der Waals surface area contributed by atoms with E-state index in [-0.39, 0.29) is 5.92 Å². The Morgan fingerprint density at radius 3 is 1.46 bits per heavy atom. The molecule has 0 saturated heterocycles. The molecule has 0 atom stereocenters. The van der Waals surface area contributed by atoms with Gasteiger partial charge >= 0.3 is 0 Å². The van der Waals surface area contributed by atoms with Crippen molar-refractivity contribution in [3.05, 3.63) is 180 Å². The van der Waals surface area contributed by atoms with Gasteiger partial charge in [0, 0.05) is 49.9 Å². The first-order valence-electron chi connectivity index (χ1n) is 17.5. The molecular formula is C46H33N5O. The number of H-pyrrole nitrogens is 3. The first-order chi connectivity index (χ1) is 25.7. The number of hydrogen-bond acceptors (Lipinski definition) is 3. The fourth-order valence-electron chi connectivity index (χ4n) is 7.88. The summed E-state index contributed by atoms with van der Waals surface area (Å²) in [5, 5.41) is 12.5. The molecule has 6 nitrogen and oxygen atoms in total. The van der Waals surface area contributed by atoms with Crippen molar-refractivity contribution >= 4 is 32.7 Å². The first-order valence-corrected chi connectivity index (χ1v) is 17.5. The van der Waals surface area contributed by atoms with E-state index in [4.69, 9.17) is 4.42 Å². The molecule has 6 aromatic carbocycles. The summed E-state index contributed by atoms with van der Waals surface area (Å²) in [6.07, 6.45) is 0. The van der Waals surface area contributed by atoms with Crippen LogP contribution in [-0.2, 0) is 0 Å². The maximum atomic E-state index is 6.36. The van der Waals surface area contributed by atoms with Crippen LogP contribution in [0.4, 0.5) is 0 Å². The normalized spacial score (nSPS) is 11.7. The number of aryl methyl sites for hydroxylation is 1. The summed E-state index contributed by atoms with van der Waals surface area (Å²) in [7, 11) is 0. The zero-order valence-corrected chi connectivity index (χ0v) is 28.4. The fraction of sp³-hybridized carbons (Fsp3) is 0.0435. The predicted octanol–water partition coefficient (Wildman–Crippen LogP) is 11.7. The van der Waals surface area contributed by atoms with E-state index in [1.165, 1.54) is 21.9 Å². The van der Waals surface area contributed by atoms with Crippen LogP contribution < -0.4 is 0 Å². The minimum absolute atomic E-state index is 0.140. The molecule has 0 fully saturated rings. The molecule has 6 heteroatoms. The fourth-order valence-corrected chi connectivity index (χ4v) is 7.88. The van der Waals surface area contributed by atoms with Crippen molar-refractivity contribution in [1.29, 1.82) is 0 Å². The molecule has 0 bridgehead atoms. The van der Waals surface area contributed by atoms with E-state index in [0.29, 0.717) is 11.8 Å². The van der Waals surface area contributed by atoms with Crippen molar-refractivity contribution < 1.29 is 4.42 Å². The lowest BCUT2D eigenvalue weighted by molar-refractivity contribution is 0.584. The summed E-state index contributed by atoms with van der Waals surface area (Å²) in [5.74, 6) is 0.847. The van der Waals surface area contributed by atoms with Crippen LogP contribution in [0.5, 0.6) is 0 Å². The molecular weight excluding hydrogens is 639 g/mol. The number of hydrogen-bond donors (Lipinski definition) is 3. The van der Waals surface area contributed by atoms with Crippen molar-refractivity contribution in [3.63, 3.8) is 0 Å². The number of nitrogens with zero attached hydrogens (tertiary/aromatic N) is 2. The van der Waals surface area contributed by atoms with Gasteiger partial charge in [-0.2, -0.15) is 0 Å². The molecule has 0 aliphatic rings. The number of aromatic amines is 3. The van der Waals surface area contributed by atoms with E-state index < -0.39 is 0 Å². The quantitative estimate of drug-likeness (QED) is 0.158. The average Bonchev–Trinajstić information content (AvgIpc) is 3.99. The van der Waals surface area contributed by atoms with E-state index in [1.807, 2.05) is 19.1 Å². The van der Waals surface area contributed by atoms with E-state index in [2.05, 4.69) is 171 Å². The lowest BCUT2D eigenvalue weighted by atomic mass is 9.80. The molecule has 10 rings (SSSR count). The van der Waals surface area contributed by atoms with Gasteiger partial charge in [0.15, 0.2) is 0 Å². The van der Waals surface area contributed by atoms with Crippen LogP contribution in [0.1, 0.15) is 28.3 Å². The summed E-state index contributed by atoms with van der Waals surface area (Å²) in [6.45, 7) is 2.04. The van der Waals surface area contributed by atoms with Crippen molar-refractivity contribution in [2.45, 2.75) is 12.8 Å². The van der Waals surface area contributed by atoms with Crippen LogP contribution in [0.25, 0.3) is 78.1 Å². The Balaban J connectivity index is 1.18. The summed E-state index contributed by atoms with van der Waals surface area (Å²) >= 11 is 0. The Kier molecular flexibility index (Phi) is 6.99. The molecule has 10 aromatic rings. The Bertz CT molecular complexity index is 2740. The Hall–Kier alpha value is -6.92. The molecule has 0 saturated carbocycles. The molecule has 0 aliphatic carbocycles. The van der Waals surface area contributed by atoms with Gasteiger partial charge in [-0.1, -0.05) is 127 Å². The highest BCUT2D eigenvalue weighted by Crippen LogP contribution is 2.48. The summed E-state index contributed by atoms with van der Waals surface area (Å²) in [6, 6.07) is 55.4. The number of para-hydroxylation sites is 3. The van der Waals surface area contributed by atoms with E-state index in [9.17, 15) is 0 Å². The lowest BCUT2D eigenvalue weighted by Crippen LogP contribution is -2.06. The lowest BCUT2D eigenvalue weighted by Gasteiger charge is -2.22. The molecule has 4 heterocycles. The van der Waals surface area contributed by atoms with E-state index in [0.717, 1.165) is 66.8 Å². The second-order valence-electron chi connectivity index (χ2n) is 13.3. The monoisotopic (exact) mass is 671 g/mol. The molecule has 0 amide bonds. The Labute approximate surface area is 299 Å².